The van der Waals surface area contributed by atoms with Gasteiger partial charge in [0, 0.05) is 32.7 Å². The molecule has 1 saturated heterocycles. The van der Waals surface area contributed by atoms with Gasteiger partial charge in [0.2, 0.25) is 10.0 Å². The van der Waals surface area contributed by atoms with E-state index in [0.717, 1.165) is 18.9 Å². The molecule has 25 heavy (non-hydrogen) atoms. The molecule has 0 atom stereocenters. The number of alkyl halides is 2. The zero-order chi connectivity index (χ0) is 18.0. The van der Waals surface area contributed by atoms with Crippen LogP contribution in [0.3, 0.4) is 0 Å². The van der Waals surface area contributed by atoms with Crippen molar-refractivity contribution in [1.29, 1.82) is 0 Å². The number of benzene rings is 1. The summed E-state index contributed by atoms with van der Waals surface area (Å²) >= 11 is 0. The van der Waals surface area contributed by atoms with Gasteiger partial charge in [-0.15, -0.1) is 0 Å². The van der Waals surface area contributed by atoms with Crippen LogP contribution in [0.4, 0.5) is 8.78 Å². The summed E-state index contributed by atoms with van der Waals surface area (Å²) in [5.41, 5.74) is 2.38. The van der Waals surface area contributed by atoms with Gasteiger partial charge in [0.05, 0.1) is 12.4 Å². The molecule has 1 aromatic carbocycles. The van der Waals surface area contributed by atoms with Gasteiger partial charge in [-0.2, -0.15) is 18.2 Å². The highest BCUT2D eigenvalue weighted by Gasteiger charge is 2.30. The molecule has 1 aromatic heterocycles. The Bertz CT molecular complexity index is 813. The van der Waals surface area contributed by atoms with Crippen LogP contribution in [-0.4, -0.2) is 53.6 Å². The van der Waals surface area contributed by atoms with Gasteiger partial charge in [-0.25, -0.2) is 13.1 Å². The lowest BCUT2D eigenvalue weighted by Gasteiger charge is -2.33. The fourth-order valence-electron chi connectivity index (χ4n) is 2.79. The quantitative estimate of drug-likeness (QED) is 0.809. The van der Waals surface area contributed by atoms with Crippen molar-refractivity contribution in [3.05, 3.63) is 47.8 Å². The van der Waals surface area contributed by atoms with E-state index in [-0.39, 0.29) is 4.90 Å². The molecule has 136 valence electrons. The van der Waals surface area contributed by atoms with Crippen LogP contribution in [-0.2, 0) is 16.6 Å². The predicted octanol–water partition coefficient (Wildman–Crippen LogP) is 2.09. The number of halogens is 2. The second-order valence-electron chi connectivity index (χ2n) is 6.10. The van der Waals surface area contributed by atoms with Crippen molar-refractivity contribution in [3.8, 4) is 0 Å². The Balaban J connectivity index is 1.61. The average molecular weight is 370 g/mol. The van der Waals surface area contributed by atoms with Gasteiger partial charge in [-0.05, 0) is 12.5 Å². The number of hydrogen-bond acceptors (Lipinski definition) is 4. The smallest absolute Gasteiger partial charge is 0.296 e. The Morgan fingerprint density at radius 2 is 1.76 bits per heavy atom. The van der Waals surface area contributed by atoms with Gasteiger partial charge in [0.1, 0.15) is 4.90 Å². The summed E-state index contributed by atoms with van der Waals surface area (Å²) in [5, 5.41) is 3.41. The molecule has 1 aliphatic heterocycles. The molecular weight excluding hydrogens is 350 g/mol. The highest BCUT2D eigenvalue weighted by atomic mass is 32.2. The summed E-state index contributed by atoms with van der Waals surface area (Å²) in [6.45, 7) is 1.78. The van der Waals surface area contributed by atoms with Crippen LogP contribution in [0.5, 0.6) is 0 Å². The topological polar surface area (TPSA) is 58.4 Å². The van der Waals surface area contributed by atoms with Gasteiger partial charge in [0.25, 0.3) is 0 Å². The SMILES string of the molecule is Cc1ccc(CN2CCN(S(=O)(=O)c3cnn(C(F)F)c3)CC2)cc1. The maximum absolute atomic E-state index is 12.6. The Kier molecular flexibility index (Phi) is 5.16. The van der Waals surface area contributed by atoms with Crippen LogP contribution < -0.4 is 0 Å². The van der Waals surface area contributed by atoms with Crippen molar-refractivity contribution < 1.29 is 17.2 Å². The zero-order valence-electron chi connectivity index (χ0n) is 13.8. The molecule has 3 rings (SSSR count). The highest BCUT2D eigenvalue weighted by Crippen LogP contribution is 2.20. The summed E-state index contributed by atoms with van der Waals surface area (Å²) in [6.07, 6.45) is 1.85. The van der Waals surface area contributed by atoms with Gasteiger partial charge in [-0.1, -0.05) is 29.8 Å². The number of aryl methyl sites for hydroxylation is 1. The minimum absolute atomic E-state index is 0.195. The first-order valence-corrected chi connectivity index (χ1v) is 9.40. The Labute approximate surface area is 145 Å². The molecule has 0 radical (unpaired) electrons. The summed E-state index contributed by atoms with van der Waals surface area (Å²) in [6, 6.07) is 8.24. The van der Waals surface area contributed by atoms with E-state index in [1.54, 1.807) is 0 Å². The lowest BCUT2D eigenvalue weighted by atomic mass is 10.1. The van der Waals surface area contributed by atoms with Gasteiger partial charge < -0.3 is 0 Å². The molecular formula is C16H20F2N4O2S. The predicted molar refractivity (Wildman–Crippen MR) is 88.7 cm³/mol. The van der Waals surface area contributed by atoms with E-state index >= 15 is 0 Å². The van der Waals surface area contributed by atoms with Gasteiger partial charge in [-0.3, -0.25) is 4.90 Å². The molecule has 0 unspecified atom stereocenters. The molecule has 2 aromatic rings. The molecule has 0 bridgehead atoms. The standard InChI is InChI=1S/C16H20F2N4O2S/c1-13-2-4-14(5-3-13)11-20-6-8-21(9-7-20)25(23,24)15-10-19-22(12-15)16(17)18/h2-5,10,12,16H,6-9,11H2,1H3. The minimum atomic E-state index is -3.79. The van der Waals surface area contributed by atoms with Crippen LogP contribution in [0.25, 0.3) is 0 Å². The summed E-state index contributed by atoms with van der Waals surface area (Å²) in [7, 11) is -3.79. The largest absolute Gasteiger partial charge is 0.333 e. The van der Waals surface area contributed by atoms with Crippen LogP contribution >= 0.6 is 0 Å². The van der Waals surface area contributed by atoms with E-state index in [1.165, 1.54) is 15.4 Å². The highest BCUT2D eigenvalue weighted by molar-refractivity contribution is 7.89. The molecule has 0 spiro atoms. The molecule has 0 amide bonds. The fourth-order valence-corrected chi connectivity index (χ4v) is 4.15. The number of nitrogens with zero attached hydrogens (tertiary/aromatic N) is 4. The van der Waals surface area contributed by atoms with Crippen molar-refractivity contribution in [2.24, 2.45) is 0 Å². The first kappa shape index (κ1) is 18.0. The monoisotopic (exact) mass is 370 g/mol. The third kappa shape index (κ3) is 4.05. The van der Waals surface area contributed by atoms with E-state index in [4.69, 9.17) is 0 Å². The lowest BCUT2D eigenvalue weighted by Crippen LogP contribution is -2.48. The normalized spacial score (nSPS) is 17.3. The van der Waals surface area contributed by atoms with Crippen LogP contribution in [0.1, 0.15) is 17.7 Å². The molecule has 6 nitrogen and oxygen atoms in total. The van der Waals surface area contributed by atoms with E-state index in [0.29, 0.717) is 30.9 Å². The molecule has 1 fully saturated rings. The lowest BCUT2D eigenvalue weighted by molar-refractivity contribution is 0.0563. The van der Waals surface area contributed by atoms with Crippen molar-refractivity contribution in [1.82, 2.24) is 19.0 Å². The molecule has 0 aliphatic carbocycles. The maximum Gasteiger partial charge on any atom is 0.333 e. The van der Waals surface area contributed by atoms with Crippen molar-refractivity contribution in [2.45, 2.75) is 24.9 Å². The fraction of sp³-hybridized carbons (Fsp3) is 0.438. The first-order chi connectivity index (χ1) is 11.9. The molecule has 0 saturated carbocycles. The second-order valence-corrected chi connectivity index (χ2v) is 8.04. The minimum Gasteiger partial charge on any atom is -0.296 e. The number of piperazine rings is 1. The third-order valence-corrected chi connectivity index (χ3v) is 6.13. The molecule has 9 heteroatoms. The van der Waals surface area contributed by atoms with Crippen LogP contribution in [0.2, 0.25) is 0 Å². The van der Waals surface area contributed by atoms with Crippen molar-refractivity contribution in [2.75, 3.05) is 26.2 Å². The Morgan fingerprint density at radius 3 is 2.32 bits per heavy atom. The van der Waals surface area contributed by atoms with Gasteiger partial charge >= 0.3 is 6.55 Å². The first-order valence-electron chi connectivity index (χ1n) is 7.96. The Hall–Kier alpha value is -1.84. The zero-order valence-corrected chi connectivity index (χ0v) is 14.7. The van der Waals surface area contributed by atoms with E-state index in [1.807, 2.05) is 6.92 Å². The van der Waals surface area contributed by atoms with Crippen molar-refractivity contribution in [3.63, 3.8) is 0 Å². The molecule has 1 aliphatic rings. The summed E-state index contributed by atoms with van der Waals surface area (Å²) in [5.74, 6) is 0. The van der Waals surface area contributed by atoms with Crippen molar-refractivity contribution >= 4 is 10.0 Å². The summed E-state index contributed by atoms with van der Waals surface area (Å²) in [4.78, 5) is 1.99. The molecule has 2 heterocycles. The van der Waals surface area contributed by atoms with Gasteiger partial charge in [0.15, 0.2) is 0 Å². The number of rotatable bonds is 5. The number of sulfonamides is 1. The van der Waals surface area contributed by atoms with E-state index in [9.17, 15) is 17.2 Å². The maximum atomic E-state index is 12.6. The number of hydrogen-bond donors (Lipinski definition) is 0. The van der Waals surface area contributed by atoms with Crippen LogP contribution in [0, 0.1) is 6.92 Å². The number of aromatic nitrogens is 2. The third-order valence-electron chi connectivity index (χ3n) is 4.27. The summed E-state index contributed by atoms with van der Waals surface area (Å²) < 4.78 is 51.9. The van der Waals surface area contributed by atoms with E-state index in [2.05, 4.69) is 34.3 Å². The average Bonchev–Trinajstić information content (AvgIpc) is 3.09. The second kappa shape index (κ2) is 7.19. The molecule has 0 N–H and O–H groups in total. The van der Waals surface area contributed by atoms with Crippen LogP contribution in [0.15, 0.2) is 41.6 Å². The van der Waals surface area contributed by atoms with E-state index < -0.39 is 16.6 Å². The Morgan fingerprint density at radius 1 is 1.12 bits per heavy atom.